The Morgan fingerprint density at radius 3 is 2.62 bits per heavy atom. The third kappa shape index (κ3) is 3.27. The average molecular weight is 372 g/mol. The molecule has 2 atom stereocenters. The molecule has 1 saturated heterocycles. The van der Waals surface area contributed by atoms with Crippen LogP contribution in [0.4, 0.5) is 5.69 Å². The molecule has 1 fully saturated rings. The topological polar surface area (TPSA) is 101 Å². The van der Waals surface area contributed by atoms with Crippen molar-refractivity contribution < 1.29 is 21.6 Å². The second kappa shape index (κ2) is 5.73. The Labute approximate surface area is 142 Å². The van der Waals surface area contributed by atoms with Crippen LogP contribution in [0.25, 0.3) is 0 Å². The molecule has 0 bridgehead atoms. The zero-order valence-electron chi connectivity index (χ0n) is 13.5. The van der Waals surface area contributed by atoms with E-state index < -0.39 is 19.9 Å². The first kappa shape index (κ1) is 17.2. The Hall–Kier alpha value is -1.61. The molecule has 132 valence electrons. The number of anilines is 1. The standard InChI is InChI=1S/C15H20N2O5S2/c1-10-7-12-8-11(3-4-14(12)17(10)23(2,19)20)15(18)16-13-5-6-24(21,22)9-13/h3-4,8,10,13H,5-7,9H2,1-2H3,(H,16,18). The van der Waals surface area contributed by atoms with Gasteiger partial charge in [-0.2, -0.15) is 0 Å². The first-order valence-corrected chi connectivity index (χ1v) is 11.4. The van der Waals surface area contributed by atoms with E-state index in [-0.39, 0.29) is 29.5 Å². The number of benzene rings is 1. The summed E-state index contributed by atoms with van der Waals surface area (Å²) in [4.78, 5) is 12.3. The highest BCUT2D eigenvalue weighted by Crippen LogP contribution is 2.34. The van der Waals surface area contributed by atoms with Gasteiger partial charge in [-0.25, -0.2) is 16.8 Å². The monoisotopic (exact) mass is 372 g/mol. The van der Waals surface area contributed by atoms with Crippen molar-refractivity contribution in [3.8, 4) is 0 Å². The van der Waals surface area contributed by atoms with Crippen molar-refractivity contribution >= 4 is 31.5 Å². The molecule has 2 heterocycles. The van der Waals surface area contributed by atoms with Gasteiger partial charge in [0.1, 0.15) is 0 Å². The van der Waals surface area contributed by atoms with E-state index in [9.17, 15) is 21.6 Å². The number of nitrogens with one attached hydrogen (secondary N) is 1. The normalized spacial score (nSPS) is 25.5. The van der Waals surface area contributed by atoms with Crippen molar-refractivity contribution in [2.24, 2.45) is 0 Å². The number of nitrogens with zero attached hydrogens (tertiary/aromatic N) is 1. The van der Waals surface area contributed by atoms with E-state index in [2.05, 4.69) is 5.32 Å². The van der Waals surface area contributed by atoms with Gasteiger partial charge in [-0.1, -0.05) is 0 Å². The number of fused-ring (bicyclic) bond motifs is 1. The fraction of sp³-hybridized carbons (Fsp3) is 0.533. The second-order valence-corrected chi connectivity index (χ2v) is 10.6. The number of carbonyl (C=O) groups excluding carboxylic acids is 1. The van der Waals surface area contributed by atoms with E-state index in [1.54, 1.807) is 18.2 Å². The summed E-state index contributed by atoms with van der Waals surface area (Å²) in [6.07, 6.45) is 2.14. The van der Waals surface area contributed by atoms with Crippen LogP contribution in [-0.2, 0) is 26.3 Å². The SMILES string of the molecule is CC1Cc2cc(C(=O)NC3CCS(=O)(=O)C3)ccc2N1S(C)(=O)=O. The minimum absolute atomic E-state index is 0.0252. The van der Waals surface area contributed by atoms with Gasteiger partial charge in [-0.3, -0.25) is 9.10 Å². The molecular weight excluding hydrogens is 352 g/mol. The molecule has 0 spiro atoms. The lowest BCUT2D eigenvalue weighted by molar-refractivity contribution is 0.0941. The predicted molar refractivity (Wildman–Crippen MR) is 91.5 cm³/mol. The van der Waals surface area contributed by atoms with Gasteiger partial charge >= 0.3 is 0 Å². The first-order valence-electron chi connectivity index (χ1n) is 7.70. The molecule has 24 heavy (non-hydrogen) atoms. The zero-order chi connectivity index (χ0) is 17.7. The predicted octanol–water partition coefficient (Wildman–Crippen LogP) is 0.314. The van der Waals surface area contributed by atoms with E-state index >= 15 is 0 Å². The van der Waals surface area contributed by atoms with Gasteiger partial charge in [0.15, 0.2) is 9.84 Å². The maximum Gasteiger partial charge on any atom is 0.251 e. The molecule has 1 N–H and O–H groups in total. The molecule has 1 aromatic rings. The van der Waals surface area contributed by atoms with Crippen LogP contribution < -0.4 is 9.62 Å². The summed E-state index contributed by atoms with van der Waals surface area (Å²) in [5, 5.41) is 2.74. The van der Waals surface area contributed by atoms with Crippen LogP contribution in [0.5, 0.6) is 0 Å². The Morgan fingerprint density at radius 1 is 1.33 bits per heavy atom. The van der Waals surface area contributed by atoms with E-state index in [4.69, 9.17) is 0 Å². The van der Waals surface area contributed by atoms with Crippen molar-refractivity contribution in [1.29, 1.82) is 0 Å². The molecule has 1 aromatic carbocycles. The van der Waals surface area contributed by atoms with Crippen molar-refractivity contribution in [1.82, 2.24) is 5.32 Å². The molecular formula is C15H20N2O5S2. The minimum Gasteiger partial charge on any atom is -0.348 e. The zero-order valence-corrected chi connectivity index (χ0v) is 15.2. The summed E-state index contributed by atoms with van der Waals surface area (Å²) in [6.45, 7) is 1.82. The number of carbonyl (C=O) groups is 1. The lowest BCUT2D eigenvalue weighted by Crippen LogP contribution is -2.35. The van der Waals surface area contributed by atoms with E-state index in [1.807, 2.05) is 6.92 Å². The van der Waals surface area contributed by atoms with Crippen LogP contribution in [0.2, 0.25) is 0 Å². The fourth-order valence-electron chi connectivity index (χ4n) is 3.43. The van der Waals surface area contributed by atoms with Gasteiger partial charge in [0.05, 0.1) is 23.4 Å². The van der Waals surface area contributed by atoms with E-state index in [1.165, 1.54) is 10.6 Å². The van der Waals surface area contributed by atoms with Crippen LogP contribution in [0.15, 0.2) is 18.2 Å². The van der Waals surface area contributed by atoms with Gasteiger partial charge in [0, 0.05) is 17.6 Å². The molecule has 2 unspecified atom stereocenters. The summed E-state index contributed by atoms with van der Waals surface area (Å²) in [5.74, 6) is -0.253. The highest BCUT2D eigenvalue weighted by molar-refractivity contribution is 7.92. The van der Waals surface area contributed by atoms with Crippen LogP contribution in [-0.4, -0.2) is 52.6 Å². The molecule has 9 heteroatoms. The van der Waals surface area contributed by atoms with Crippen LogP contribution >= 0.6 is 0 Å². The second-order valence-electron chi connectivity index (χ2n) is 6.53. The molecule has 2 aliphatic rings. The average Bonchev–Trinajstić information content (AvgIpc) is 2.95. The van der Waals surface area contributed by atoms with Crippen LogP contribution in [0, 0.1) is 0 Å². The van der Waals surface area contributed by atoms with Gasteiger partial charge < -0.3 is 5.32 Å². The smallest absolute Gasteiger partial charge is 0.251 e. The quantitative estimate of drug-likeness (QED) is 0.823. The molecule has 0 radical (unpaired) electrons. The van der Waals surface area contributed by atoms with Gasteiger partial charge in [-0.05, 0) is 43.5 Å². The number of sulfonamides is 1. The Morgan fingerprint density at radius 2 is 2.04 bits per heavy atom. The Bertz CT molecular complexity index is 892. The largest absolute Gasteiger partial charge is 0.348 e. The summed E-state index contributed by atoms with van der Waals surface area (Å²) in [6, 6.07) is 4.36. The van der Waals surface area contributed by atoms with Crippen molar-refractivity contribution in [3.63, 3.8) is 0 Å². The molecule has 0 aliphatic carbocycles. The summed E-state index contributed by atoms with van der Waals surface area (Å²) in [5.41, 5.74) is 1.82. The van der Waals surface area contributed by atoms with Gasteiger partial charge in [0.2, 0.25) is 10.0 Å². The van der Waals surface area contributed by atoms with Crippen molar-refractivity contribution in [2.75, 3.05) is 22.1 Å². The highest BCUT2D eigenvalue weighted by Gasteiger charge is 2.33. The number of hydrogen-bond donors (Lipinski definition) is 1. The van der Waals surface area contributed by atoms with Crippen molar-refractivity contribution in [3.05, 3.63) is 29.3 Å². The minimum atomic E-state index is -3.36. The number of sulfone groups is 1. The number of rotatable bonds is 3. The Balaban J connectivity index is 1.80. The third-order valence-electron chi connectivity index (χ3n) is 4.42. The maximum absolute atomic E-state index is 12.3. The highest BCUT2D eigenvalue weighted by atomic mass is 32.2. The summed E-state index contributed by atoms with van der Waals surface area (Å²) < 4.78 is 48.1. The van der Waals surface area contributed by atoms with E-state index in [0.29, 0.717) is 24.1 Å². The van der Waals surface area contributed by atoms with Crippen LogP contribution in [0.3, 0.4) is 0 Å². The van der Waals surface area contributed by atoms with Gasteiger partial charge in [-0.15, -0.1) is 0 Å². The van der Waals surface area contributed by atoms with Crippen molar-refractivity contribution in [2.45, 2.75) is 31.8 Å². The van der Waals surface area contributed by atoms with Crippen LogP contribution in [0.1, 0.15) is 29.3 Å². The molecule has 0 saturated carbocycles. The molecule has 7 nitrogen and oxygen atoms in total. The molecule has 0 aromatic heterocycles. The molecule has 2 aliphatic heterocycles. The van der Waals surface area contributed by atoms with Gasteiger partial charge in [0.25, 0.3) is 5.91 Å². The number of hydrogen-bond acceptors (Lipinski definition) is 5. The third-order valence-corrected chi connectivity index (χ3v) is 7.46. The summed E-state index contributed by atoms with van der Waals surface area (Å²) in [7, 11) is -6.42. The Kier molecular flexibility index (Phi) is 4.11. The molecule has 3 rings (SSSR count). The van der Waals surface area contributed by atoms with E-state index in [0.717, 1.165) is 5.56 Å². The first-order chi connectivity index (χ1) is 11.1. The maximum atomic E-state index is 12.3. The summed E-state index contributed by atoms with van der Waals surface area (Å²) >= 11 is 0. The lowest BCUT2D eigenvalue weighted by Gasteiger charge is -2.22. The number of amides is 1. The fourth-order valence-corrected chi connectivity index (χ4v) is 6.36. The lowest BCUT2D eigenvalue weighted by atomic mass is 10.1. The molecule has 1 amide bonds.